The Morgan fingerprint density at radius 3 is 1.08 bits per heavy atom. The Morgan fingerprint density at radius 1 is 0.453 bits per heavy atom. The lowest BCUT2D eigenvalue weighted by Crippen LogP contribution is -2.45. The van der Waals surface area contributed by atoms with Crippen molar-refractivity contribution in [2.75, 3.05) is 40.9 Å². The van der Waals surface area contributed by atoms with Gasteiger partial charge in [-0.2, -0.15) is 0 Å². The van der Waals surface area contributed by atoms with Crippen molar-refractivity contribution in [1.82, 2.24) is 5.32 Å². The normalized spacial score (nSPS) is 14.0. The van der Waals surface area contributed by atoms with E-state index in [0.717, 1.165) is 44.9 Å². The van der Waals surface area contributed by atoms with Crippen molar-refractivity contribution in [3.63, 3.8) is 0 Å². The van der Waals surface area contributed by atoms with E-state index < -0.39 is 26.6 Å². The molecule has 0 aromatic carbocycles. The molecule has 8 nitrogen and oxygen atoms in total. The van der Waals surface area contributed by atoms with Crippen molar-refractivity contribution >= 4 is 13.7 Å². The second-order valence-electron chi connectivity index (χ2n) is 23.8. The topological polar surface area (TPSA) is 108 Å². The van der Waals surface area contributed by atoms with Gasteiger partial charge in [0.25, 0.3) is 7.82 Å². The van der Waals surface area contributed by atoms with Gasteiger partial charge in [-0.25, -0.2) is 0 Å². The van der Waals surface area contributed by atoms with Crippen LogP contribution in [-0.2, 0) is 18.4 Å². The third-order valence-corrected chi connectivity index (χ3v) is 16.0. The van der Waals surface area contributed by atoms with Crippen molar-refractivity contribution in [3.05, 3.63) is 36.5 Å². The zero-order chi connectivity index (χ0) is 54.9. The summed E-state index contributed by atoms with van der Waals surface area (Å²) in [6.07, 6.45) is 75.6. The van der Waals surface area contributed by atoms with Gasteiger partial charge in [0.05, 0.1) is 39.9 Å². The first-order valence-corrected chi connectivity index (χ1v) is 34.3. The standard InChI is InChI=1S/C66H129N2O6P/c1-6-8-10-12-14-16-18-20-22-24-25-26-27-28-29-30-31-32-33-34-35-36-37-38-39-40-41-42-44-46-48-50-52-54-56-58-60-66(70)67-64(63-74-75(71,72)73-62-61-68(3,4)5)65(69)59-57-55-53-51-49-47-45-43-23-21-19-17-15-13-11-9-7-2/h23,43,49,51,57,59,64-65,69H,6-22,24-42,44-48,50,52-56,58,60-63H2,1-5H3,(H-,67,70,71,72)/b43-23+,51-49+,59-57+. The number of carbonyl (C=O) groups is 1. The van der Waals surface area contributed by atoms with Crippen LogP contribution in [0.4, 0.5) is 0 Å². The molecule has 0 aliphatic rings. The van der Waals surface area contributed by atoms with Crippen molar-refractivity contribution in [2.24, 2.45) is 0 Å². The van der Waals surface area contributed by atoms with Gasteiger partial charge >= 0.3 is 0 Å². The largest absolute Gasteiger partial charge is 0.756 e. The van der Waals surface area contributed by atoms with E-state index in [4.69, 9.17) is 9.05 Å². The predicted molar refractivity (Wildman–Crippen MR) is 325 cm³/mol. The van der Waals surface area contributed by atoms with Crippen LogP contribution in [0.15, 0.2) is 36.5 Å². The van der Waals surface area contributed by atoms with E-state index >= 15 is 0 Å². The highest BCUT2D eigenvalue weighted by Crippen LogP contribution is 2.38. The van der Waals surface area contributed by atoms with E-state index in [2.05, 4.69) is 43.5 Å². The minimum atomic E-state index is -4.61. The number of quaternary nitrogens is 1. The maximum Gasteiger partial charge on any atom is 0.268 e. The highest BCUT2D eigenvalue weighted by molar-refractivity contribution is 7.45. The maximum absolute atomic E-state index is 13.0. The molecule has 3 unspecified atom stereocenters. The molecule has 0 bridgehead atoms. The highest BCUT2D eigenvalue weighted by Gasteiger charge is 2.23. The summed E-state index contributed by atoms with van der Waals surface area (Å²) in [5.41, 5.74) is 0. The molecule has 0 aromatic heterocycles. The minimum absolute atomic E-state index is 0.00736. The number of carbonyl (C=O) groups excluding carboxylic acids is 1. The number of aliphatic hydroxyl groups excluding tert-OH is 1. The lowest BCUT2D eigenvalue weighted by Gasteiger charge is -2.29. The summed E-state index contributed by atoms with van der Waals surface area (Å²) in [5, 5.41) is 13.9. The van der Waals surface area contributed by atoms with Gasteiger partial charge in [0.2, 0.25) is 5.91 Å². The van der Waals surface area contributed by atoms with Crippen LogP contribution in [-0.4, -0.2) is 68.5 Å². The number of unbranched alkanes of at least 4 members (excludes halogenated alkanes) is 44. The predicted octanol–water partition coefficient (Wildman–Crippen LogP) is 19.9. The van der Waals surface area contributed by atoms with E-state index in [0.29, 0.717) is 17.4 Å². The molecule has 0 aromatic rings. The van der Waals surface area contributed by atoms with Gasteiger partial charge in [0.1, 0.15) is 13.2 Å². The molecule has 1 amide bonds. The molecule has 0 fully saturated rings. The molecule has 0 rings (SSSR count). The Bertz CT molecular complexity index is 1320. The lowest BCUT2D eigenvalue weighted by molar-refractivity contribution is -0.870. The van der Waals surface area contributed by atoms with Crippen LogP contribution in [0, 0.1) is 0 Å². The molecule has 9 heteroatoms. The SMILES string of the molecule is CCCCCCCCC/C=C/CC/C=C/CC/C=C/C(O)C(COP(=O)([O-])OCC[N+](C)(C)C)NC(=O)CCCCCCCCCCCCCCCCCCCCCCCCCCCCCCCCCCCCCC. The van der Waals surface area contributed by atoms with Crippen molar-refractivity contribution in [3.8, 4) is 0 Å². The number of amides is 1. The number of hydrogen-bond acceptors (Lipinski definition) is 6. The van der Waals surface area contributed by atoms with Crippen LogP contribution in [0.2, 0.25) is 0 Å². The fraction of sp³-hybridized carbons (Fsp3) is 0.894. The molecule has 0 heterocycles. The molecular weight excluding hydrogens is 948 g/mol. The average Bonchev–Trinajstić information content (AvgIpc) is 3.37. The van der Waals surface area contributed by atoms with E-state index in [1.165, 1.54) is 263 Å². The van der Waals surface area contributed by atoms with E-state index in [-0.39, 0.29) is 12.5 Å². The van der Waals surface area contributed by atoms with Crippen LogP contribution < -0.4 is 10.2 Å². The maximum atomic E-state index is 13.0. The summed E-state index contributed by atoms with van der Waals surface area (Å²) in [6, 6.07) is -0.908. The first-order chi connectivity index (χ1) is 36.5. The molecule has 0 saturated heterocycles. The number of likely N-dealkylation sites (N-methyl/N-ethyl adjacent to an activating group) is 1. The van der Waals surface area contributed by atoms with E-state index in [9.17, 15) is 19.4 Å². The van der Waals surface area contributed by atoms with Crippen molar-refractivity contribution in [2.45, 2.75) is 341 Å². The van der Waals surface area contributed by atoms with Crippen molar-refractivity contribution < 1.29 is 32.9 Å². The number of rotatable bonds is 61. The summed E-state index contributed by atoms with van der Waals surface area (Å²) in [7, 11) is 1.25. The molecular formula is C66H129N2O6P. The van der Waals surface area contributed by atoms with Crippen LogP contribution in [0.25, 0.3) is 0 Å². The smallest absolute Gasteiger partial charge is 0.268 e. The quantitative estimate of drug-likeness (QED) is 0.0272. The number of allylic oxidation sites excluding steroid dienone is 5. The van der Waals surface area contributed by atoms with Gasteiger partial charge in [0, 0.05) is 6.42 Å². The van der Waals surface area contributed by atoms with Gasteiger partial charge in [-0.15, -0.1) is 0 Å². The van der Waals surface area contributed by atoms with Gasteiger partial charge in [-0.05, 0) is 44.9 Å². The number of hydrogen-bond donors (Lipinski definition) is 2. The molecule has 3 atom stereocenters. The van der Waals surface area contributed by atoms with Gasteiger partial charge in [0.15, 0.2) is 0 Å². The van der Waals surface area contributed by atoms with Crippen LogP contribution in [0.1, 0.15) is 328 Å². The van der Waals surface area contributed by atoms with Crippen LogP contribution in [0.5, 0.6) is 0 Å². The van der Waals surface area contributed by atoms with Crippen LogP contribution >= 0.6 is 7.82 Å². The fourth-order valence-corrected chi connectivity index (χ4v) is 10.7. The zero-order valence-electron chi connectivity index (χ0n) is 50.8. The lowest BCUT2D eigenvalue weighted by atomic mass is 10.0. The second-order valence-corrected chi connectivity index (χ2v) is 25.2. The Balaban J connectivity index is 3.97. The average molecular weight is 1080 g/mol. The third-order valence-electron chi connectivity index (χ3n) is 15.1. The van der Waals surface area contributed by atoms with E-state index in [1.807, 2.05) is 27.2 Å². The number of nitrogens with one attached hydrogen (secondary N) is 1. The Kier molecular flexibility index (Phi) is 56.4. The van der Waals surface area contributed by atoms with Crippen molar-refractivity contribution in [1.29, 1.82) is 0 Å². The van der Waals surface area contributed by atoms with Gasteiger partial charge in [-0.1, -0.05) is 314 Å². The Hall–Kier alpha value is -1.28. The molecule has 0 saturated carbocycles. The summed E-state index contributed by atoms with van der Waals surface area (Å²) in [6.45, 7) is 4.65. The van der Waals surface area contributed by atoms with Gasteiger partial charge < -0.3 is 28.8 Å². The summed E-state index contributed by atoms with van der Waals surface area (Å²) < 4.78 is 23.3. The van der Waals surface area contributed by atoms with Crippen LogP contribution in [0.3, 0.4) is 0 Å². The molecule has 2 N–H and O–H groups in total. The summed E-state index contributed by atoms with van der Waals surface area (Å²) in [5.74, 6) is -0.205. The molecule has 75 heavy (non-hydrogen) atoms. The summed E-state index contributed by atoms with van der Waals surface area (Å²) in [4.78, 5) is 25.5. The number of phosphoric ester groups is 1. The van der Waals surface area contributed by atoms with Gasteiger partial charge in [-0.3, -0.25) is 9.36 Å². The molecule has 0 radical (unpaired) electrons. The highest BCUT2D eigenvalue weighted by atomic mass is 31.2. The number of phosphoric acid groups is 1. The zero-order valence-corrected chi connectivity index (χ0v) is 51.7. The fourth-order valence-electron chi connectivity index (χ4n) is 9.95. The Labute approximate surface area is 467 Å². The summed E-state index contributed by atoms with van der Waals surface area (Å²) >= 11 is 0. The molecule has 0 spiro atoms. The number of aliphatic hydroxyl groups is 1. The first-order valence-electron chi connectivity index (χ1n) is 32.9. The third kappa shape index (κ3) is 60.2. The first kappa shape index (κ1) is 73.7. The monoisotopic (exact) mass is 1080 g/mol. The molecule has 0 aliphatic heterocycles. The molecule has 0 aliphatic carbocycles. The Morgan fingerprint density at radius 2 is 0.747 bits per heavy atom. The second kappa shape index (κ2) is 57.4. The number of nitrogens with zero attached hydrogens (tertiary/aromatic N) is 1. The minimum Gasteiger partial charge on any atom is -0.756 e. The van der Waals surface area contributed by atoms with E-state index in [1.54, 1.807) is 6.08 Å². The molecule has 444 valence electrons.